The minimum absolute atomic E-state index is 0.239. The molecule has 2 aromatic heterocycles. The van der Waals surface area contributed by atoms with Crippen LogP contribution < -0.4 is 15.5 Å². The van der Waals surface area contributed by atoms with Gasteiger partial charge in [0.25, 0.3) is 0 Å². The van der Waals surface area contributed by atoms with Crippen molar-refractivity contribution in [2.75, 3.05) is 41.7 Å². The van der Waals surface area contributed by atoms with Crippen LogP contribution >= 0.6 is 0 Å². The summed E-state index contributed by atoms with van der Waals surface area (Å²) in [5.41, 5.74) is 0.444. The second-order valence-electron chi connectivity index (χ2n) is 6.91. The van der Waals surface area contributed by atoms with Crippen LogP contribution in [0.2, 0.25) is 0 Å². The lowest BCUT2D eigenvalue weighted by molar-refractivity contribution is 0.208. The molecule has 3 aromatic rings. The van der Waals surface area contributed by atoms with Gasteiger partial charge in [-0.25, -0.2) is 24.1 Å². The van der Waals surface area contributed by atoms with Crippen molar-refractivity contribution in [3.63, 3.8) is 0 Å². The van der Waals surface area contributed by atoms with Gasteiger partial charge in [-0.2, -0.15) is 0 Å². The number of benzene rings is 1. The van der Waals surface area contributed by atoms with Gasteiger partial charge in [-0.05, 0) is 37.3 Å². The number of piperazine rings is 1. The highest BCUT2D eigenvalue weighted by molar-refractivity contribution is 5.89. The first-order valence-corrected chi connectivity index (χ1v) is 9.67. The highest BCUT2D eigenvalue weighted by Crippen LogP contribution is 2.20. The standard InChI is InChI=1S/C21H22FN7O/c1-15-24-19(27-18-7-2-3-8-23-18)14-20(25-15)28-9-11-29(12-10-28)21(30)26-17-6-4-5-16(22)13-17/h2-8,13-14H,9-12H2,1H3,(H,26,30)(H,23,24,25,27). The Labute approximate surface area is 173 Å². The van der Waals surface area contributed by atoms with Crippen LogP contribution in [0.5, 0.6) is 0 Å². The van der Waals surface area contributed by atoms with E-state index in [1.165, 1.54) is 12.1 Å². The molecule has 0 spiro atoms. The molecular weight excluding hydrogens is 385 g/mol. The number of aryl methyl sites for hydroxylation is 1. The van der Waals surface area contributed by atoms with Crippen LogP contribution in [0.15, 0.2) is 54.7 Å². The molecule has 154 valence electrons. The zero-order valence-corrected chi connectivity index (χ0v) is 16.5. The number of urea groups is 1. The number of nitrogens with one attached hydrogen (secondary N) is 2. The first-order valence-electron chi connectivity index (χ1n) is 9.67. The van der Waals surface area contributed by atoms with Crippen LogP contribution in [-0.2, 0) is 0 Å². The molecule has 1 aliphatic heterocycles. The number of hydrogen-bond acceptors (Lipinski definition) is 6. The molecule has 0 aliphatic carbocycles. The lowest BCUT2D eigenvalue weighted by atomic mass is 10.3. The van der Waals surface area contributed by atoms with Crippen LogP contribution in [0.4, 0.5) is 32.3 Å². The molecule has 1 aromatic carbocycles. The molecule has 2 amide bonds. The second-order valence-corrected chi connectivity index (χ2v) is 6.91. The van der Waals surface area contributed by atoms with E-state index in [0.717, 1.165) is 5.82 Å². The van der Waals surface area contributed by atoms with E-state index < -0.39 is 0 Å². The number of halogens is 1. The van der Waals surface area contributed by atoms with Gasteiger partial charge in [-0.3, -0.25) is 0 Å². The lowest BCUT2D eigenvalue weighted by Crippen LogP contribution is -2.50. The van der Waals surface area contributed by atoms with Crippen LogP contribution in [-0.4, -0.2) is 52.1 Å². The number of rotatable bonds is 4. The van der Waals surface area contributed by atoms with E-state index in [2.05, 4.69) is 30.5 Å². The van der Waals surface area contributed by atoms with Gasteiger partial charge >= 0.3 is 6.03 Å². The number of carbonyl (C=O) groups is 1. The third-order valence-corrected chi connectivity index (χ3v) is 4.71. The molecule has 9 heteroatoms. The lowest BCUT2D eigenvalue weighted by Gasteiger charge is -2.35. The molecule has 0 saturated carbocycles. The van der Waals surface area contributed by atoms with Crippen LogP contribution in [0, 0.1) is 12.7 Å². The van der Waals surface area contributed by atoms with E-state index in [1.807, 2.05) is 31.2 Å². The van der Waals surface area contributed by atoms with E-state index >= 15 is 0 Å². The summed E-state index contributed by atoms with van der Waals surface area (Å²) in [6, 6.07) is 13.1. The van der Waals surface area contributed by atoms with E-state index in [4.69, 9.17) is 0 Å². The average molecular weight is 407 g/mol. The molecule has 30 heavy (non-hydrogen) atoms. The smallest absolute Gasteiger partial charge is 0.321 e. The highest BCUT2D eigenvalue weighted by Gasteiger charge is 2.22. The molecule has 2 N–H and O–H groups in total. The topological polar surface area (TPSA) is 86.3 Å². The number of nitrogens with zero attached hydrogens (tertiary/aromatic N) is 5. The predicted molar refractivity (Wildman–Crippen MR) is 113 cm³/mol. The number of amides is 2. The van der Waals surface area contributed by atoms with Crippen molar-refractivity contribution in [1.29, 1.82) is 0 Å². The Hall–Kier alpha value is -3.75. The Morgan fingerprint density at radius 1 is 1.00 bits per heavy atom. The van der Waals surface area contributed by atoms with E-state index in [1.54, 1.807) is 23.2 Å². The third kappa shape index (κ3) is 4.80. The van der Waals surface area contributed by atoms with Crippen molar-refractivity contribution >= 4 is 29.2 Å². The van der Waals surface area contributed by atoms with Crippen molar-refractivity contribution in [3.8, 4) is 0 Å². The third-order valence-electron chi connectivity index (χ3n) is 4.71. The van der Waals surface area contributed by atoms with Crippen molar-refractivity contribution in [3.05, 3.63) is 66.4 Å². The van der Waals surface area contributed by atoms with Gasteiger partial charge in [0.15, 0.2) is 0 Å². The largest absolute Gasteiger partial charge is 0.353 e. The van der Waals surface area contributed by atoms with E-state index in [9.17, 15) is 9.18 Å². The minimum Gasteiger partial charge on any atom is -0.353 e. The monoisotopic (exact) mass is 407 g/mol. The first-order chi connectivity index (χ1) is 14.6. The van der Waals surface area contributed by atoms with Gasteiger partial charge in [-0.1, -0.05) is 12.1 Å². The fourth-order valence-corrected chi connectivity index (χ4v) is 3.25. The summed E-state index contributed by atoms with van der Waals surface area (Å²) >= 11 is 0. The summed E-state index contributed by atoms with van der Waals surface area (Å²) in [6.07, 6.45) is 1.71. The Morgan fingerprint density at radius 3 is 2.57 bits per heavy atom. The summed E-state index contributed by atoms with van der Waals surface area (Å²) < 4.78 is 13.3. The number of pyridine rings is 1. The zero-order valence-electron chi connectivity index (χ0n) is 16.5. The number of hydrogen-bond donors (Lipinski definition) is 2. The summed E-state index contributed by atoms with van der Waals surface area (Å²) in [4.78, 5) is 29.5. The predicted octanol–water partition coefficient (Wildman–Crippen LogP) is 3.42. The molecule has 3 heterocycles. The van der Waals surface area contributed by atoms with Crippen molar-refractivity contribution in [1.82, 2.24) is 19.9 Å². The Bertz CT molecular complexity index is 1020. The maximum absolute atomic E-state index is 13.3. The fraction of sp³-hybridized carbons (Fsp3) is 0.238. The summed E-state index contributed by atoms with van der Waals surface area (Å²) in [6.45, 7) is 4.18. The summed E-state index contributed by atoms with van der Waals surface area (Å²) in [7, 11) is 0. The normalized spacial score (nSPS) is 13.8. The van der Waals surface area contributed by atoms with Gasteiger partial charge in [0.1, 0.15) is 29.1 Å². The van der Waals surface area contributed by atoms with Gasteiger partial charge in [-0.15, -0.1) is 0 Å². The van der Waals surface area contributed by atoms with Crippen molar-refractivity contribution < 1.29 is 9.18 Å². The summed E-state index contributed by atoms with van der Waals surface area (Å²) in [5.74, 6) is 2.44. The molecule has 0 radical (unpaired) electrons. The van der Waals surface area contributed by atoms with Crippen LogP contribution in [0.1, 0.15) is 5.82 Å². The number of anilines is 4. The highest BCUT2D eigenvalue weighted by atomic mass is 19.1. The SMILES string of the molecule is Cc1nc(Nc2ccccn2)cc(N2CCN(C(=O)Nc3cccc(F)c3)CC2)n1. The van der Waals surface area contributed by atoms with E-state index in [0.29, 0.717) is 49.3 Å². The van der Waals surface area contributed by atoms with Gasteiger partial charge in [0, 0.05) is 44.1 Å². The van der Waals surface area contributed by atoms with Gasteiger partial charge in [0.05, 0.1) is 0 Å². The fourth-order valence-electron chi connectivity index (χ4n) is 3.25. The number of carbonyl (C=O) groups excluding carboxylic acids is 1. The Morgan fingerprint density at radius 2 is 1.83 bits per heavy atom. The minimum atomic E-state index is -0.383. The van der Waals surface area contributed by atoms with Crippen LogP contribution in [0.3, 0.4) is 0 Å². The van der Waals surface area contributed by atoms with Crippen molar-refractivity contribution in [2.24, 2.45) is 0 Å². The second kappa shape index (κ2) is 8.73. The Kier molecular flexibility index (Phi) is 5.69. The maximum Gasteiger partial charge on any atom is 0.321 e. The molecular formula is C21H22FN7O. The molecule has 1 fully saturated rings. The average Bonchev–Trinajstić information content (AvgIpc) is 2.74. The zero-order chi connectivity index (χ0) is 20.9. The van der Waals surface area contributed by atoms with Crippen molar-refractivity contribution in [2.45, 2.75) is 6.92 Å². The van der Waals surface area contributed by atoms with Gasteiger partial charge < -0.3 is 20.4 Å². The molecule has 0 bridgehead atoms. The molecule has 1 aliphatic rings. The molecule has 0 unspecified atom stereocenters. The summed E-state index contributed by atoms with van der Waals surface area (Å²) in [5, 5.41) is 5.93. The van der Waals surface area contributed by atoms with Gasteiger partial charge in [0.2, 0.25) is 0 Å². The Balaban J connectivity index is 1.38. The maximum atomic E-state index is 13.3. The molecule has 0 atom stereocenters. The van der Waals surface area contributed by atoms with Crippen LogP contribution in [0.25, 0.3) is 0 Å². The first kappa shape index (κ1) is 19.6. The molecule has 8 nitrogen and oxygen atoms in total. The number of aromatic nitrogens is 3. The molecule has 4 rings (SSSR count). The quantitative estimate of drug-likeness (QED) is 0.689. The molecule has 1 saturated heterocycles. The van der Waals surface area contributed by atoms with E-state index in [-0.39, 0.29) is 11.8 Å².